The SMILES string of the molecule is Cc1nc(N2CCCC2)nc2c1CNCC2. The number of nitrogens with zero attached hydrogens (tertiary/aromatic N) is 3. The highest BCUT2D eigenvalue weighted by Crippen LogP contribution is 2.21. The van der Waals surface area contributed by atoms with Crippen LogP contribution in [0.5, 0.6) is 0 Å². The van der Waals surface area contributed by atoms with E-state index in [1.165, 1.54) is 24.1 Å². The average molecular weight is 218 g/mol. The van der Waals surface area contributed by atoms with Gasteiger partial charge in [0.05, 0.1) is 5.69 Å². The molecule has 0 saturated carbocycles. The van der Waals surface area contributed by atoms with Crippen molar-refractivity contribution in [2.24, 2.45) is 0 Å². The second-order valence-corrected chi connectivity index (χ2v) is 4.66. The molecule has 1 aromatic heterocycles. The van der Waals surface area contributed by atoms with Crippen molar-refractivity contribution < 1.29 is 0 Å². The summed E-state index contributed by atoms with van der Waals surface area (Å²) in [5.41, 5.74) is 3.72. The molecule has 0 spiro atoms. The molecule has 0 unspecified atom stereocenters. The Bertz CT molecular complexity index is 396. The summed E-state index contributed by atoms with van der Waals surface area (Å²) < 4.78 is 0. The van der Waals surface area contributed by atoms with E-state index in [1.807, 2.05) is 0 Å². The predicted octanol–water partition coefficient (Wildman–Crippen LogP) is 1.03. The first-order chi connectivity index (χ1) is 7.84. The van der Waals surface area contributed by atoms with Crippen molar-refractivity contribution in [3.8, 4) is 0 Å². The molecule has 0 amide bonds. The van der Waals surface area contributed by atoms with Crippen LogP contribution < -0.4 is 10.2 Å². The summed E-state index contributed by atoms with van der Waals surface area (Å²) in [5, 5.41) is 3.38. The number of anilines is 1. The molecule has 0 atom stereocenters. The molecule has 1 fully saturated rings. The molecule has 2 aliphatic heterocycles. The highest BCUT2D eigenvalue weighted by Gasteiger charge is 2.19. The molecule has 0 aromatic carbocycles. The van der Waals surface area contributed by atoms with Crippen molar-refractivity contribution in [1.29, 1.82) is 0 Å². The van der Waals surface area contributed by atoms with Gasteiger partial charge < -0.3 is 10.2 Å². The highest BCUT2D eigenvalue weighted by atomic mass is 15.3. The van der Waals surface area contributed by atoms with E-state index >= 15 is 0 Å². The molecule has 2 aliphatic rings. The van der Waals surface area contributed by atoms with Crippen LogP contribution in [0.3, 0.4) is 0 Å². The number of rotatable bonds is 1. The minimum absolute atomic E-state index is 0.932. The van der Waals surface area contributed by atoms with Crippen LogP contribution in [-0.4, -0.2) is 29.6 Å². The summed E-state index contributed by atoms with van der Waals surface area (Å²) in [6.45, 7) is 6.32. The Morgan fingerprint density at radius 2 is 2.00 bits per heavy atom. The van der Waals surface area contributed by atoms with E-state index in [1.54, 1.807) is 0 Å². The number of hydrogen-bond acceptors (Lipinski definition) is 4. The van der Waals surface area contributed by atoms with Crippen LogP contribution in [0.4, 0.5) is 5.95 Å². The maximum atomic E-state index is 4.73. The quantitative estimate of drug-likeness (QED) is 0.764. The summed E-state index contributed by atoms with van der Waals surface area (Å²) in [5.74, 6) is 0.954. The van der Waals surface area contributed by atoms with Crippen LogP contribution in [0.1, 0.15) is 29.8 Å². The van der Waals surface area contributed by atoms with E-state index in [-0.39, 0.29) is 0 Å². The zero-order valence-electron chi connectivity index (χ0n) is 9.79. The number of fused-ring (bicyclic) bond motifs is 1. The van der Waals surface area contributed by atoms with Gasteiger partial charge in [0.1, 0.15) is 0 Å². The summed E-state index contributed by atoms with van der Waals surface area (Å²) in [4.78, 5) is 11.7. The molecule has 4 nitrogen and oxygen atoms in total. The fourth-order valence-corrected chi connectivity index (χ4v) is 2.55. The molecule has 0 bridgehead atoms. The van der Waals surface area contributed by atoms with Gasteiger partial charge in [-0.3, -0.25) is 0 Å². The second-order valence-electron chi connectivity index (χ2n) is 4.66. The number of aromatic nitrogens is 2. The van der Waals surface area contributed by atoms with Crippen LogP contribution in [0, 0.1) is 6.92 Å². The van der Waals surface area contributed by atoms with E-state index in [2.05, 4.69) is 22.1 Å². The fourth-order valence-electron chi connectivity index (χ4n) is 2.55. The van der Waals surface area contributed by atoms with Crippen LogP contribution in [0.25, 0.3) is 0 Å². The molecule has 0 aliphatic carbocycles. The largest absolute Gasteiger partial charge is 0.341 e. The molecule has 4 heteroatoms. The van der Waals surface area contributed by atoms with Gasteiger partial charge in [-0.05, 0) is 19.8 Å². The van der Waals surface area contributed by atoms with Crippen molar-refractivity contribution in [2.45, 2.75) is 32.7 Å². The molecule has 0 radical (unpaired) electrons. The van der Waals surface area contributed by atoms with E-state index in [9.17, 15) is 0 Å². The van der Waals surface area contributed by atoms with Crippen LogP contribution in [-0.2, 0) is 13.0 Å². The monoisotopic (exact) mass is 218 g/mol. The maximum Gasteiger partial charge on any atom is 0.225 e. The molecular formula is C12H18N4. The van der Waals surface area contributed by atoms with Gasteiger partial charge in [0.2, 0.25) is 5.95 Å². The molecule has 1 N–H and O–H groups in total. The first-order valence-electron chi connectivity index (χ1n) is 6.16. The fraction of sp³-hybridized carbons (Fsp3) is 0.667. The van der Waals surface area contributed by atoms with Crippen molar-refractivity contribution in [3.05, 3.63) is 17.0 Å². The second kappa shape index (κ2) is 4.01. The molecule has 1 aromatic rings. The Hall–Kier alpha value is -1.16. The average Bonchev–Trinajstić information content (AvgIpc) is 2.82. The van der Waals surface area contributed by atoms with Crippen LogP contribution in [0.15, 0.2) is 0 Å². The lowest BCUT2D eigenvalue weighted by Gasteiger charge is -2.22. The summed E-state index contributed by atoms with van der Waals surface area (Å²) in [7, 11) is 0. The van der Waals surface area contributed by atoms with E-state index in [0.29, 0.717) is 0 Å². The molecule has 86 valence electrons. The van der Waals surface area contributed by atoms with Crippen molar-refractivity contribution in [1.82, 2.24) is 15.3 Å². The van der Waals surface area contributed by atoms with Gasteiger partial charge in [0.15, 0.2) is 0 Å². The van der Waals surface area contributed by atoms with E-state index in [0.717, 1.165) is 44.2 Å². The maximum absolute atomic E-state index is 4.73. The molecule has 16 heavy (non-hydrogen) atoms. The summed E-state index contributed by atoms with van der Waals surface area (Å²) >= 11 is 0. The predicted molar refractivity (Wildman–Crippen MR) is 63.6 cm³/mol. The summed E-state index contributed by atoms with van der Waals surface area (Å²) in [6.07, 6.45) is 3.60. The van der Waals surface area contributed by atoms with Gasteiger partial charge in [-0.1, -0.05) is 0 Å². The third-order valence-electron chi connectivity index (χ3n) is 3.52. The molecule has 3 heterocycles. The van der Waals surface area contributed by atoms with Crippen molar-refractivity contribution in [3.63, 3.8) is 0 Å². The van der Waals surface area contributed by atoms with Gasteiger partial charge in [-0.15, -0.1) is 0 Å². The minimum Gasteiger partial charge on any atom is -0.341 e. The standard InChI is InChI=1S/C12H18N4/c1-9-10-8-13-5-4-11(10)15-12(14-9)16-6-2-3-7-16/h13H,2-8H2,1H3. The lowest BCUT2D eigenvalue weighted by atomic mass is 10.1. The Balaban J connectivity index is 1.97. The smallest absolute Gasteiger partial charge is 0.225 e. The highest BCUT2D eigenvalue weighted by molar-refractivity contribution is 5.38. The lowest BCUT2D eigenvalue weighted by molar-refractivity contribution is 0.619. The number of hydrogen-bond donors (Lipinski definition) is 1. The van der Waals surface area contributed by atoms with Gasteiger partial charge in [-0.25, -0.2) is 9.97 Å². The summed E-state index contributed by atoms with van der Waals surface area (Å²) in [6, 6.07) is 0. The van der Waals surface area contributed by atoms with Crippen LogP contribution >= 0.6 is 0 Å². The third kappa shape index (κ3) is 1.67. The zero-order valence-corrected chi connectivity index (χ0v) is 9.79. The van der Waals surface area contributed by atoms with Gasteiger partial charge in [-0.2, -0.15) is 0 Å². The Labute approximate surface area is 96.1 Å². The van der Waals surface area contributed by atoms with Crippen LogP contribution in [0.2, 0.25) is 0 Å². The van der Waals surface area contributed by atoms with Gasteiger partial charge in [0, 0.05) is 43.9 Å². The first-order valence-corrected chi connectivity index (χ1v) is 6.16. The Kier molecular flexibility index (Phi) is 2.52. The van der Waals surface area contributed by atoms with Crippen molar-refractivity contribution in [2.75, 3.05) is 24.5 Å². The molecular weight excluding hydrogens is 200 g/mol. The van der Waals surface area contributed by atoms with Gasteiger partial charge in [0.25, 0.3) is 0 Å². The zero-order chi connectivity index (χ0) is 11.0. The topological polar surface area (TPSA) is 41.1 Å². The third-order valence-corrected chi connectivity index (χ3v) is 3.52. The molecule has 3 rings (SSSR count). The number of aryl methyl sites for hydroxylation is 1. The minimum atomic E-state index is 0.932. The Morgan fingerprint density at radius 1 is 1.19 bits per heavy atom. The Morgan fingerprint density at radius 3 is 2.81 bits per heavy atom. The van der Waals surface area contributed by atoms with E-state index in [4.69, 9.17) is 4.98 Å². The molecule has 1 saturated heterocycles. The van der Waals surface area contributed by atoms with Crippen molar-refractivity contribution >= 4 is 5.95 Å². The first kappa shape index (κ1) is 10.0. The number of nitrogens with one attached hydrogen (secondary N) is 1. The normalized spacial score (nSPS) is 19.9. The van der Waals surface area contributed by atoms with Gasteiger partial charge >= 0.3 is 0 Å². The lowest BCUT2D eigenvalue weighted by Crippen LogP contribution is -2.28. The van der Waals surface area contributed by atoms with E-state index < -0.39 is 0 Å².